The Morgan fingerprint density at radius 2 is 2.06 bits per heavy atom. The monoisotopic (exact) mass is 239 g/mol. The SMILES string of the molecule is CC[C@@H](NC(=O)CCOCC(F)F)C(=O)O. The third-order valence-corrected chi connectivity index (χ3v) is 1.76. The summed E-state index contributed by atoms with van der Waals surface area (Å²) in [6.45, 7) is 0.752. The standard InChI is InChI=1S/C9H15F2NO4/c1-2-6(9(14)15)12-8(13)3-4-16-5-7(10)11/h6-7H,2-5H2,1H3,(H,12,13)(H,14,15)/t6-/m1/s1. The van der Waals surface area contributed by atoms with Crippen LogP contribution >= 0.6 is 0 Å². The quantitative estimate of drug-likeness (QED) is 0.609. The van der Waals surface area contributed by atoms with Crippen molar-refractivity contribution in [3.63, 3.8) is 0 Å². The van der Waals surface area contributed by atoms with Gasteiger partial charge in [0, 0.05) is 6.42 Å². The summed E-state index contributed by atoms with van der Waals surface area (Å²) in [5.74, 6) is -1.65. The molecule has 1 atom stereocenters. The first kappa shape index (κ1) is 14.8. The minimum Gasteiger partial charge on any atom is -0.480 e. The highest BCUT2D eigenvalue weighted by molar-refractivity contribution is 5.83. The summed E-state index contributed by atoms with van der Waals surface area (Å²) in [5, 5.41) is 10.9. The molecule has 94 valence electrons. The summed E-state index contributed by atoms with van der Waals surface area (Å²) in [6, 6.07) is -0.942. The molecule has 2 N–H and O–H groups in total. The van der Waals surface area contributed by atoms with Gasteiger partial charge in [-0.05, 0) is 6.42 Å². The van der Waals surface area contributed by atoms with Gasteiger partial charge in [0.1, 0.15) is 12.6 Å². The van der Waals surface area contributed by atoms with Crippen LogP contribution < -0.4 is 5.32 Å². The fourth-order valence-corrected chi connectivity index (χ4v) is 0.942. The minimum absolute atomic E-state index is 0.128. The molecule has 7 heteroatoms. The zero-order valence-electron chi connectivity index (χ0n) is 8.91. The molecule has 0 aliphatic rings. The Morgan fingerprint density at radius 1 is 1.44 bits per heavy atom. The lowest BCUT2D eigenvalue weighted by atomic mass is 10.2. The molecule has 0 aliphatic heterocycles. The molecule has 0 aliphatic carbocycles. The van der Waals surface area contributed by atoms with Crippen LogP contribution in [0.15, 0.2) is 0 Å². The fraction of sp³-hybridized carbons (Fsp3) is 0.778. The van der Waals surface area contributed by atoms with E-state index in [-0.39, 0.29) is 19.4 Å². The Balaban J connectivity index is 3.69. The Kier molecular flexibility index (Phi) is 7.36. The number of carboxylic acid groups (broad SMARTS) is 1. The third kappa shape index (κ3) is 7.10. The van der Waals surface area contributed by atoms with Crippen molar-refractivity contribution in [1.29, 1.82) is 0 Å². The molecule has 0 bridgehead atoms. The van der Waals surface area contributed by atoms with E-state index in [0.717, 1.165) is 0 Å². The Labute approximate surface area is 91.8 Å². The van der Waals surface area contributed by atoms with E-state index in [1.807, 2.05) is 0 Å². The van der Waals surface area contributed by atoms with Gasteiger partial charge in [-0.2, -0.15) is 0 Å². The van der Waals surface area contributed by atoms with Crippen molar-refractivity contribution in [3.05, 3.63) is 0 Å². The largest absolute Gasteiger partial charge is 0.480 e. The lowest BCUT2D eigenvalue weighted by Gasteiger charge is -2.12. The van der Waals surface area contributed by atoms with Crippen molar-refractivity contribution in [2.45, 2.75) is 32.2 Å². The first-order chi connectivity index (χ1) is 7.47. The molecule has 0 heterocycles. The number of alkyl halides is 2. The van der Waals surface area contributed by atoms with E-state index in [4.69, 9.17) is 5.11 Å². The summed E-state index contributed by atoms with van der Waals surface area (Å²) in [4.78, 5) is 21.7. The van der Waals surface area contributed by atoms with Crippen molar-refractivity contribution >= 4 is 11.9 Å². The summed E-state index contributed by atoms with van der Waals surface area (Å²) in [6.07, 6.45) is -2.43. The summed E-state index contributed by atoms with van der Waals surface area (Å²) in [5.41, 5.74) is 0. The maximum atomic E-state index is 11.6. The van der Waals surface area contributed by atoms with Gasteiger partial charge in [0.25, 0.3) is 6.43 Å². The van der Waals surface area contributed by atoms with Crippen molar-refractivity contribution in [3.8, 4) is 0 Å². The second kappa shape index (κ2) is 7.98. The van der Waals surface area contributed by atoms with E-state index in [1.165, 1.54) is 0 Å². The van der Waals surface area contributed by atoms with Crippen molar-refractivity contribution in [2.24, 2.45) is 0 Å². The first-order valence-electron chi connectivity index (χ1n) is 4.85. The third-order valence-electron chi connectivity index (χ3n) is 1.76. The van der Waals surface area contributed by atoms with Crippen LogP contribution in [-0.4, -0.2) is 42.7 Å². The number of amides is 1. The fourth-order valence-electron chi connectivity index (χ4n) is 0.942. The molecule has 0 aromatic carbocycles. The number of aliphatic carboxylic acids is 1. The van der Waals surface area contributed by atoms with Crippen LogP contribution in [-0.2, 0) is 14.3 Å². The van der Waals surface area contributed by atoms with Gasteiger partial charge in [-0.25, -0.2) is 13.6 Å². The molecule has 0 spiro atoms. The second-order valence-corrected chi connectivity index (χ2v) is 3.08. The summed E-state index contributed by atoms with van der Waals surface area (Å²) < 4.78 is 27.7. The van der Waals surface area contributed by atoms with Gasteiger partial charge in [0.2, 0.25) is 5.91 Å². The van der Waals surface area contributed by atoms with Gasteiger partial charge in [0.05, 0.1) is 6.61 Å². The number of rotatable bonds is 8. The van der Waals surface area contributed by atoms with Gasteiger partial charge in [-0.3, -0.25) is 4.79 Å². The van der Waals surface area contributed by atoms with E-state index in [9.17, 15) is 18.4 Å². The number of carbonyl (C=O) groups excluding carboxylic acids is 1. The number of carboxylic acids is 1. The molecule has 0 saturated carbocycles. The zero-order chi connectivity index (χ0) is 12.6. The molecule has 5 nitrogen and oxygen atoms in total. The summed E-state index contributed by atoms with van der Waals surface area (Å²) in [7, 11) is 0. The number of ether oxygens (including phenoxy) is 1. The van der Waals surface area contributed by atoms with E-state index >= 15 is 0 Å². The Bertz CT molecular complexity index is 236. The highest BCUT2D eigenvalue weighted by atomic mass is 19.3. The molecule has 16 heavy (non-hydrogen) atoms. The van der Waals surface area contributed by atoms with Gasteiger partial charge >= 0.3 is 5.97 Å². The topological polar surface area (TPSA) is 75.6 Å². The zero-order valence-corrected chi connectivity index (χ0v) is 8.91. The maximum Gasteiger partial charge on any atom is 0.326 e. The maximum absolute atomic E-state index is 11.6. The van der Waals surface area contributed by atoms with Crippen molar-refractivity contribution < 1.29 is 28.2 Å². The van der Waals surface area contributed by atoms with Crippen molar-refractivity contribution in [2.75, 3.05) is 13.2 Å². The smallest absolute Gasteiger partial charge is 0.326 e. The second-order valence-electron chi connectivity index (χ2n) is 3.08. The molecule has 0 rings (SSSR count). The molecular formula is C9H15F2NO4. The average Bonchev–Trinajstić information content (AvgIpc) is 2.20. The van der Waals surface area contributed by atoms with Crippen LogP contribution in [0.5, 0.6) is 0 Å². The van der Waals surface area contributed by atoms with Crippen molar-refractivity contribution in [1.82, 2.24) is 5.32 Å². The summed E-state index contributed by atoms with van der Waals surface area (Å²) >= 11 is 0. The van der Waals surface area contributed by atoms with E-state index < -0.39 is 31.0 Å². The van der Waals surface area contributed by atoms with Gasteiger partial charge < -0.3 is 15.2 Å². The molecule has 0 saturated heterocycles. The minimum atomic E-state index is -2.56. The number of nitrogens with one attached hydrogen (secondary N) is 1. The van der Waals surface area contributed by atoms with E-state index in [1.54, 1.807) is 6.92 Å². The van der Waals surface area contributed by atoms with E-state index in [2.05, 4.69) is 10.1 Å². The van der Waals surface area contributed by atoms with Gasteiger partial charge in [-0.15, -0.1) is 0 Å². The average molecular weight is 239 g/mol. The molecule has 0 unspecified atom stereocenters. The Hall–Kier alpha value is -1.24. The number of halogens is 2. The lowest BCUT2D eigenvalue weighted by Crippen LogP contribution is -2.40. The highest BCUT2D eigenvalue weighted by Crippen LogP contribution is 1.95. The van der Waals surface area contributed by atoms with Crippen LogP contribution in [0.1, 0.15) is 19.8 Å². The van der Waals surface area contributed by atoms with Gasteiger partial charge in [0.15, 0.2) is 0 Å². The van der Waals surface area contributed by atoms with Crippen LogP contribution in [0.3, 0.4) is 0 Å². The first-order valence-corrected chi connectivity index (χ1v) is 4.85. The molecule has 0 fully saturated rings. The van der Waals surface area contributed by atoms with Crippen LogP contribution in [0.2, 0.25) is 0 Å². The lowest BCUT2D eigenvalue weighted by molar-refractivity contribution is -0.142. The molecular weight excluding hydrogens is 224 g/mol. The molecule has 0 aromatic heterocycles. The van der Waals surface area contributed by atoms with Crippen LogP contribution in [0, 0.1) is 0 Å². The highest BCUT2D eigenvalue weighted by Gasteiger charge is 2.17. The van der Waals surface area contributed by atoms with E-state index in [0.29, 0.717) is 0 Å². The Morgan fingerprint density at radius 3 is 2.50 bits per heavy atom. The number of hydrogen-bond donors (Lipinski definition) is 2. The molecule has 0 radical (unpaired) electrons. The van der Waals surface area contributed by atoms with Crippen LogP contribution in [0.25, 0.3) is 0 Å². The number of hydrogen-bond acceptors (Lipinski definition) is 3. The normalized spacial score (nSPS) is 12.5. The molecule has 1 amide bonds. The van der Waals surface area contributed by atoms with Gasteiger partial charge in [-0.1, -0.05) is 6.92 Å². The predicted molar refractivity (Wildman–Crippen MR) is 51.3 cm³/mol. The van der Waals surface area contributed by atoms with Crippen LogP contribution in [0.4, 0.5) is 8.78 Å². The number of carbonyl (C=O) groups is 2. The predicted octanol–water partition coefficient (Wildman–Crippen LogP) is 0.638. The molecule has 0 aromatic rings.